The summed E-state index contributed by atoms with van der Waals surface area (Å²) in [6.07, 6.45) is 3.19. The van der Waals surface area contributed by atoms with Gasteiger partial charge in [0.15, 0.2) is 0 Å². The fourth-order valence-corrected chi connectivity index (χ4v) is 2.95. The van der Waals surface area contributed by atoms with Crippen LogP contribution in [-0.2, 0) is 11.3 Å². The van der Waals surface area contributed by atoms with Crippen LogP contribution in [0, 0.1) is 11.7 Å². The summed E-state index contributed by atoms with van der Waals surface area (Å²) in [4.78, 5) is 14.6. The summed E-state index contributed by atoms with van der Waals surface area (Å²) in [5, 5.41) is 3.30. The fraction of sp³-hybridized carbons (Fsp3) is 0.562. The molecule has 2 aliphatic rings. The lowest BCUT2D eigenvalue weighted by Crippen LogP contribution is -2.46. The lowest BCUT2D eigenvalue weighted by Gasteiger charge is -2.27. The van der Waals surface area contributed by atoms with Gasteiger partial charge in [0.2, 0.25) is 5.91 Å². The Hall–Kier alpha value is -1.42. The summed E-state index contributed by atoms with van der Waals surface area (Å²) in [5.74, 6) is 0.330. The molecule has 1 aliphatic heterocycles. The van der Waals surface area contributed by atoms with E-state index < -0.39 is 0 Å². The molecule has 1 N–H and O–H groups in total. The lowest BCUT2D eigenvalue weighted by atomic mass is 10.0. The van der Waals surface area contributed by atoms with Gasteiger partial charge in [0, 0.05) is 12.6 Å². The largest absolute Gasteiger partial charge is 0.334 e. The average Bonchev–Trinajstić information content (AvgIpc) is 3.17. The molecule has 20 heavy (non-hydrogen) atoms. The first-order valence-corrected chi connectivity index (χ1v) is 7.43. The first kappa shape index (κ1) is 13.6. The van der Waals surface area contributed by atoms with Crippen LogP contribution in [0.5, 0.6) is 0 Å². The highest BCUT2D eigenvalue weighted by Crippen LogP contribution is 2.30. The Morgan fingerprint density at radius 1 is 1.40 bits per heavy atom. The molecule has 2 atom stereocenters. The normalized spacial score (nSPS) is 25.7. The first-order chi connectivity index (χ1) is 9.65. The van der Waals surface area contributed by atoms with Crippen molar-refractivity contribution in [1.82, 2.24) is 10.2 Å². The van der Waals surface area contributed by atoms with Crippen molar-refractivity contribution < 1.29 is 9.18 Å². The van der Waals surface area contributed by atoms with Crippen LogP contribution in [0.15, 0.2) is 24.3 Å². The number of halogens is 1. The maximum absolute atomic E-state index is 13.3. The van der Waals surface area contributed by atoms with Crippen molar-refractivity contribution in [3.63, 3.8) is 0 Å². The van der Waals surface area contributed by atoms with Crippen LogP contribution in [0.3, 0.4) is 0 Å². The van der Waals surface area contributed by atoms with Gasteiger partial charge >= 0.3 is 0 Å². The van der Waals surface area contributed by atoms with Crippen molar-refractivity contribution >= 4 is 5.91 Å². The van der Waals surface area contributed by atoms with E-state index in [1.807, 2.05) is 11.0 Å². The van der Waals surface area contributed by atoms with E-state index in [0.29, 0.717) is 18.5 Å². The Kier molecular flexibility index (Phi) is 3.74. The number of hydrogen-bond donors (Lipinski definition) is 1. The van der Waals surface area contributed by atoms with Gasteiger partial charge in [-0.05, 0) is 49.4 Å². The highest BCUT2D eigenvalue weighted by Gasteiger charge is 2.39. The standard InChI is InChI=1S/C16H21FN2O/c1-11-7-8-18-15(11)16(20)19(14-5-6-14)10-12-3-2-4-13(17)9-12/h2-4,9,11,14-15,18H,5-8,10H2,1H3. The molecule has 3 nitrogen and oxygen atoms in total. The van der Waals surface area contributed by atoms with Gasteiger partial charge in [-0.25, -0.2) is 4.39 Å². The zero-order valence-corrected chi connectivity index (χ0v) is 11.8. The van der Waals surface area contributed by atoms with E-state index in [1.165, 1.54) is 12.1 Å². The van der Waals surface area contributed by atoms with E-state index in [4.69, 9.17) is 0 Å². The summed E-state index contributed by atoms with van der Waals surface area (Å²) in [6, 6.07) is 6.83. The van der Waals surface area contributed by atoms with E-state index in [0.717, 1.165) is 31.4 Å². The van der Waals surface area contributed by atoms with Gasteiger partial charge in [-0.3, -0.25) is 4.79 Å². The lowest BCUT2D eigenvalue weighted by molar-refractivity contribution is -0.135. The number of benzene rings is 1. The summed E-state index contributed by atoms with van der Waals surface area (Å²) < 4.78 is 13.3. The third kappa shape index (κ3) is 2.85. The molecule has 0 radical (unpaired) electrons. The number of amides is 1. The highest BCUT2D eigenvalue weighted by atomic mass is 19.1. The number of nitrogens with one attached hydrogen (secondary N) is 1. The van der Waals surface area contributed by atoms with Gasteiger partial charge < -0.3 is 10.2 Å². The number of carbonyl (C=O) groups is 1. The van der Waals surface area contributed by atoms with E-state index in [9.17, 15) is 9.18 Å². The monoisotopic (exact) mass is 276 g/mol. The predicted octanol–water partition coefficient (Wildman–Crippen LogP) is 2.31. The summed E-state index contributed by atoms with van der Waals surface area (Å²) >= 11 is 0. The maximum Gasteiger partial charge on any atom is 0.240 e. The second-order valence-electron chi connectivity index (χ2n) is 6.02. The molecule has 0 bridgehead atoms. The summed E-state index contributed by atoms with van der Waals surface area (Å²) in [6.45, 7) is 3.55. The number of nitrogens with zero attached hydrogens (tertiary/aromatic N) is 1. The maximum atomic E-state index is 13.3. The molecule has 4 heteroatoms. The minimum Gasteiger partial charge on any atom is -0.334 e. The smallest absolute Gasteiger partial charge is 0.240 e. The second-order valence-corrected chi connectivity index (χ2v) is 6.02. The molecule has 1 heterocycles. The highest BCUT2D eigenvalue weighted by molar-refractivity contribution is 5.83. The first-order valence-electron chi connectivity index (χ1n) is 7.43. The molecule has 1 aliphatic carbocycles. The molecule has 0 spiro atoms. The topological polar surface area (TPSA) is 32.3 Å². The molecule has 1 aromatic carbocycles. The van der Waals surface area contributed by atoms with Crippen molar-refractivity contribution in [1.29, 1.82) is 0 Å². The number of rotatable bonds is 4. The molecule has 3 rings (SSSR count). The van der Waals surface area contributed by atoms with Crippen LogP contribution in [0.4, 0.5) is 4.39 Å². The van der Waals surface area contributed by atoms with Crippen molar-refractivity contribution in [2.45, 2.75) is 44.8 Å². The van der Waals surface area contributed by atoms with Crippen molar-refractivity contribution in [3.8, 4) is 0 Å². The summed E-state index contributed by atoms with van der Waals surface area (Å²) in [5.41, 5.74) is 0.871. The van der Waals surface area contributed by atoms with Crippen molar-refractivity contribution in [2.75, 3.05) is 6.54 Å². The zero-order valence-electron chi connectivity index (χ0n) is 11.8. The predicted molar refractivity (Wildman–Crippen MR) is 75.5 cm³/mol. The van der Waals surface area contributed by atoms with Crippen LogP contribution in [0.25, 0.3) is 0 Å². The quantitative estimate of drug-likeness (QED) is 0.915. The second kappa shape index (κ2) is 5.52. The Labute approximate surface area is 119 Å². The molecule has 1 amide bonds. The van der Waals surface area contributed by atoms with Crippen LogP contribution < -0.4 is 5.32 Å². The summed E-state index contributed by atoms with van der Waals surface area (Å²) in [7, 11) is 0. The fourth-order valence-electron chi connectivity index (χ4n) is 2.95. The van der Waals surface area contributed by atoms with E-state index in [-0.39, 0.29) is 17.8 Å². The molecular weight excluding hydrogens is 255 g/mol. The molecule has 0 aromatic heterocycles. The Balaban J connectivity index is 1.74. The van der Waals surface area contributed by atoms with Gasteiger partial charge in [-0.1, -0.05) is 19.1 Å². The molecule has 2 unspecified atom stereocenters. The Bertz CT molecular complexity index is 501. The van der Waals surface area contributed by atoms with Crippen molar-refractivity contribution in [2.24, 2.45) is 5.92 Å². The molecule has 1 saturated carbocycles. The van der Waals surface area contributed by atoms with Gasteiger partial charge in [0.05, 0.1) is 6.04 Å². The zero-order chi connectivity index (χ0) is 14.1. The minimum absolute atomic E-state index is 0.0656. The van der Waals surface area contributed by atoms with Crippen LogP contribution >= 0.6 is 0 Å². The molecular formula is C16H21FN2O. The van der Waals surface area contributed by atoms with Gasteiger partial charge in [0.25, 0.3) is 0 Å². The van der Waals surface area contributed by atoms with E-state index in [2.05, 4.69) is 12.2 Å². The molecule has 1 saturated heterocycles. The minimum atomic E-state index is -0.238. The molecule has 108 valence electrons. The van der Waals surface area contributed by atoms with Crippen LogP contribution in [0.2, 0.25) is 0 Å². The third-order valence-electron chi connectivity index (χ3n) is 4.31. The SMILES string of the molecule is CC1CCNC1C(=O)N(Cc1cccc(F)c1)C1CC1. The van der Waals surface area contributed by atoms with E-state index in [1.54, 1.807) is 6.07 Å². The van der Waals surface area contributed by atoms with Crippen LogP contribution in [-0.4, -0.2) is 29.4 Å². The molecule has 1 aromatic rings. The van der Waals surface area contributed by atoms with Gasteiger partial charge in [0.1, 0.15) is 5.82 Å². The Morgan fingerprint density at radius 2 is 2.20 bits per heavy atom. The number of carbonyl (C=O) groups excluding carboxylic acids is 1. The van der Waals surface area contributed by atoms with E-state index >= 15 is 0 Å². The Morgan fingerprint density at radius 3 is 2.80 bits per heavy atom. The van der Waals surface area contributed by atoms with Crippen LogP contribution in [0.1, 0.15) is 31.7 Å². The van der Waals surface area contributed by atoms with Crippen molar-refractivity contribution in [3.05, 3.63) is 35.6 Å². The third-order valence-corrected chi connectivity index (χ3v) is 4.31. The molecule has 2 fully saturated rings. The number of hydrogen-bond acceptors (Lipinski definition) is 2. The van der Waals surface area contributed by atoms with Gasteiger partial charge in [-0.2, -0.15) is 0 Å². The average molecular weight is 276 g/mol. The van der Waals surface area contributed by atoms with Gasteiger partial charge in [-0.15, -0.1) is 0 Å².